The van der Waals surface area contributed by atoms with Gasteiger partial charge >= 0.3 is 5.69 Å². The van der Waals surface area contributed by atoms with Crippen molar-refractivity contribution in [3.8, 4) is 17.2 Å². The van der Waals surface area contributed by atoms with Gasteiger partial charge in [-0.3, -0.25) is 19.7 Å². The molecule has 0 fully saturated rings. The van der Waals surface area contributed by atoms with E-state index in [1.807, 2.05) is 0 Å². The molecule has 0 saturated heterocycles. The Labute approximate surface area is 170 Å². The number of methoxy groups -OCH3 is 1. The fraction of sp³-hybridized carbons (Fsp3) is 0.211. The van der Waals surface area contributed by atoms with E-state index in [2.05, 4.69) is 15.8 Å². The molecule has 0 saturated carbocycles. The summed E-state index contributed by atoms with van der Waals surface area (Å²) >= 11 is 0. The van der Waals surface area contributed by atoms with Gasteiger partial charge < -0.3 is 19.5 Å². The third-order valence-electron chi connectivity index (χ3n) is 4.03. The Morgan fingerprint density at radius 2 is 2.07 bits per heavy atom. The van der Waals surface area contributed by atoms with Crippen LogP contribution in [0, 0.1) is 10.1 Å². The second-order valence-electron chi connectivity index (χ2n) is 6.06. The first-order chi connectivity index (χ1) is 14.5. The molecule has 1 atom stereocenters. The number of nitrogens with one attached hydrogen (secondary N) is 2. The fourth-order valence-electron chi connectivity index (χ4n) is 2.58. The van der Waals surface area contributed by atoms with Crippen LogP contribution < -0.4 is 25.0 Å². The van der Waals surface area contributed by atoms with Crippen LogP contribution in [0.3, 0.4) is 0 Å². The number of hydrazone groups is 1. The number of hydrogen-bond acceptors (Lipinski definition) is 8. The minimum absolute atomic E-state index is 0.0267. The third-order valence-corrected chi connectivity index (χ3v) is 4.03. The maximum absolute atomic E-state index is 12.2. The minimum Gasteiger partial charge on any atom is -0.490 e. The molecule has 1 heterocycles. The summed E-state index contributed by atoms with van der Waals surface area (Å²) < 4.78 is 15.9. The van der Waals surface area contributed by atoms with E-state index in [4.69, 9.17) is 14.2 Å². The van der Waals surface area contributed by atoms with E-state index in [1.165, 1.54) is 25.5 Å². The van der Waals surface area contributed by atoms with Crippen LogP contribution >= 0.6 is 0 Å². The molecule has 0 radical (unpaired) electrons. The van der Waals surface area contributed by atoms with E-state index in [9.17, 15) is 19.7 Å². The van der Waals surface area contributed by atoms with Crippen molar-refractivity contribution in [3.63, 3.8) is 0 Å². The first kappa shape index (κ1) is 20.6. The molecule has 2 N–H and O–H groups in total. The minimum atomic E-state index is -0.879. The molecular formula is C19H18N4O7. The predicted molar refractivity (Wildman–Crippen MR) is 105 cm³/mol. The molecule has 156 valence electrons. The van der Waals surface area contributed by atoms with Gasteiger partial charge in [-0.1, -0.05) is 12.1 Å². The van der Waals surface area contributed by atoms with E-state index in [1.54, 1.807) is 30.3 Å². The Kier molecular flexibility index (Phi) is 6.42. The summed E-state index contributed by atoms with van der Waals surface area (Å²) in [6.07, 6.45) is 0.359. The van der Waals surface area contributed by atoms with Crippen molar-refractivity contribution < 1.29 is 28.7 Å². The maximum atomic E-state index is 12.2. The van der Waals surface area contributed by atoms with Gasteiger partial charge in [-0.05, 0) is 24.3 Å². The second-order valence-corrected chi connectivity index (χ2v) is 6.06. The van der Waals surface area contributed by atoms with Crippen LogP contribution in [0.4, 0.5) is 5.69 Å². The summed E-state index contributed by atoms with van der Waals surface area (Å²) in [6, 6.07) is 11.2. The normalized spacial score (nSPS) is 14.8. The summed E-state index contributed by atoms with van der Waals surface area (Å²) in [4.78, 5) is 34.4. The number of ether oxygens (including phenoxy) is 3. The topological polar surface area (TPSA) is 141 Å². The SMILES string of the molecule is COc1ccc(C=NNC(=O)CNC(=O)[C@H]2COc3ccccc3O2)cc1[N+](=O)[O-]. The molecule has 2 aromatic rings. The molecular weight excluding hydrogens is 396 g/mol. The molecule has 2 aromatic carbocycles. The molecule has 0 spiro atoms. The fourth-order valence-corrected chi connectivity index (χ4v) is 2.58. The number of hydrogen-bond donors (Lipinski definition) is 2. The highest BCUT2D eigenvalue weighted by atomic mass is 16.6. The number of carbonyl (C=O) groups is 2. The lowest BCUT2D eigenvalue weighted by Gasteiger charge is -2.25. The van der Waals surface area contributed by atoms with E-state index in [0.29, 0.717) is 17.1 Å². The van der Waals surface area contributed by atoms with Gasteiger partial charge in [-0.25, -0.2) is 5.43 Å². The lowest BCUT2D eigenvalue weighted by atomic mass is 10.2. The molecule has 0 aliphatic carbocycles. The molecule has 0 aromatic heterocycles. The van der Waals surface area contributed by atoms with E-state index < -0.39 is 22.8 Å². The highest BCUT2D eigenvalue weighted by Gasteiger charge is 2.27. The predicted octanol–water partition coefficient (Wildman–Crippen LogP) is 1.01. The Balaban J connectivity index is 1.48. The van der Waals surface area contributed by atoms with Crippen LogP contribution in [0.15, 0.2) is 47.6 Å². The molecule has 30 heavy (non-hydrogen) atoms. The van der Waals surface area contributed by atoms with Gasteiger partial charge in [0.15, 0.2) is 17.2 Å². The van der Waals surface area contributed by atoms with Crippen LogP contribution in [0.5, 0.6) is 17.2 Å². The van der Waals surface area contributed by atoms with Crippen LogP contribution in [-0.4, -0.2) is 49.3 Å². The standard InChI is InChI=1S/C19H18N4O7/c1-28-14-7-6-12(8-13(14)23(26)27)9-21-22-18(24)10-20-19(25)17-11-29-15-4-2-3-5-16(15)30-17/h2-9,17H,10-11H2,1H3,(H,20,25)(H,22,24)/t17-/m1/s1. The number of benzene rings is 2. The first-order valence-electron chi connectivity index (χ1n) is 8.78. The summed E-state index contributed by atoms with van der Waals surface area (Å²) in [6.45, 7) is -0.306. The summed E-state index contributed by atoms with van der Waals surface area (Å²) in [5, 5.41) is 17.2. The number of fused-ring (bicyclic) bond motifs is 1. The monoisotopic (exact) mass is 414 g/mol. The number of nitrogens with zero attached hydrogens (tertiary/aromatic N) is 2. The summed E-state index contributed by atoms with van der Waals surface area (Å²) in [7, 11) is 1.33. The summed E-state index contributed by atoms with van der Waals surface area (Å²) in [5.74, 6) is 0.0218. The maximum Gasteiger partial charge on any atom is 0.311 e. The van der Waals surface area contributed by atoms with Crippen molar-refractivity contribution in [2.45, 2.75) is 6.10 Å². The quantitative estimate of drug-likeness (QED) is 0.391. The van der Waals surface area contributed by atoms with Crippen LogP contribution in [0.2, 0.25) is 0 Å². The van der Waals surface area contributed by atoms with Crippen LogP contribution in [-0.2, 0) is 9.59 Å². The molecule has 11 heteroatoms. The zero-order valence-corrected chi connectivity index (χ0v) is 15.9. The lowest BCUT2D eigenvalue weighted by Crippen LogP contribution is -2.46. The Morgan fingerprint density at radius 3 is 2.80 bits per heavy atom. The smallest absolute Gasteiger partial charge is 0.311 e. The number of carbonyl (C=O) groups excluding carboxylic acids is 2. The van der Waals surface area contributed by atoms with Crippen molar-refractivity contribution in [1.82, 2.24) is 10.7 Å². The van der Waals surface area contributed by atoms with Gasteiger partial charge in [0, 0.05) is 11.6 Å². The number of rotatable bonds is 7. The van der Waals surface area contributed by atoms with Crippen molar-refractivity contribution in [3.05, 3.63) is 58.1 Å². The Bertz CT molecular complexity index is 993. The number of para-hydroxylation sites is 2. The third kappa shape index (κ3) is 5.01. The van der Waals surface area contributed by atoms with E-state index in [-0.39, 0.29) is 24.6 Å². The van der Waals surface area contributed by atoms with E-state index in [0.717, 1.165) is 0 Å². The summed E-state index contributed by atoms with van der Waals surface area (Å²) in [5.41, 5.74) is 2.39. The van der Waals surface area contributed by atoms with Crippen LogP contribution in [0.1, 0.15) is 5.56 Å². The van der Waals surface area contributed by atoms with Crippen molar-refractivity contribution in [2.75, 3.05) is 20.3 Å². The zero-order valence-electron chi connectivity index (χ0n) is 15.9. The zero-order chi connectivity index (χ0) is 21.5. The highest BCUT2D eigenvalue weighted by Crippen LogP contribution is 2.30. The van der Waals surface area contributed by atoms with Gasteiger partial charge in [-0.15, -0.1) is 0 Å². The lowest BCUT2D eigenvalue weighted by molar-refractivity contribution is -0.385. The van der Waals surface area contributed by atoms with Gasteiger partial charge in [0.05, 0.1) is 24.8 Å². The molecule has 0 bridgehead atoms. The van der Waals surface area contributed by atoms with Gasteiger partial charge in [0.1, 0.15) is 6.61 Å². The molecule has 2 amide bonds. The number of nitro benzene ring substituents is 1. The van der Waals surface area contributed by atoms with Crippen LogP contribution in [0.25, 0.3) is 0 Å². The van der Waals surface area contributed by atoms with Crippen molar-refractivity contribution in [1.29, 1.82) is 0 Å². The molecule has 3 rings (SSSR count). The van der Waals surface area contributed by atoms with Gasteiger partial charge in [0.2, 0.25) is 6.10 Å². The average molecular weight is 414 g/mol. The first-order valence-corrected chi connectivity index (χ1v) is 8.78. The molecule has 11 nitrogen and oxygen atoms in total. The molecule has 1 aliphatic heterocycles. The largest absolute Gasteiger partial charge is 0.490 e. The Hall–Kier alpha value is -4.15. The second kappa shape index (κ2) is 9.37. The Morgan fingerprint density at radius 1 is 1.30 bits per heavy atom. The number of nitro groups is 1. The molecule has 1 aliphatic rings. The highest BCUT2D eigenvalue weighted by molar-refractivity contribution is 5.88. The average Bonchev–Trinajstić information content (AvgIpc) is 2.77. The van der Waals surface area contributed by atoms with E-state index >= 15 is 0 Å². The molecule has 0 unspecified atom stereocenters. The van der Waals surface area contributed by atoms with Crippen molar-refractivity contribution in [2.24, 2.45) is 5.10 Å². The van der Waals surface area contributed by atoms with Crippen molar-refractivity contribution >= 4 is 23.7 Å². The van der Waals surface area contributed by atoms with Gasteiger partial charge in [0.25, 0.3) is 11.8 Å². The number of amides is 2. The van der Waals surface area contributed by atoms with Gasteiger partial charge in [-0.2, -0.15) is 5.10 Å².